The summed E-state index contributed by atoms with van der Waals surface area (Å²) in [6, 6.07) is 10.2. The molecule has 3 rings (SSSR count). The molecule has 22 heavy (non-hydrogen) atoms. The van der Waals surface area contributed by atoms with Gasteiger partial charge in [-0.05, 0) is 43.1 Å². The van der Waals surface area contributed by atoms with Crippen LogP contribution >= 0.6 is 0 Å². The van der Waals surface area contributed by atoms with E-state index in [9.17, 15) is 4.79 Å². The van der Waals surface area contributed by atoms with Gasteiger partial charge in [0, 0.05) is 24.9 Å². The minimum Gasteiger partial charge on any atom is -0.352 e. The van der Waals surface area contributed by atoms with E-state index in [0.717, 1.165) is 38.0 Å². The van der Waals surface area contributed by atoms with Gasteiger partial charge in [0.1, 0.15) is 0 Å². The molecular weight excluding hydrogens is 276 g/mol. The van der Waals surface area contributed by atoms with Crippen molar-refractivity contribution in [3.05, 3.63) is 53.9 Å². The summed E-state index contributed by atoms with van der Waals surface area (Å²) in [6.07, 6.45) is 5.60. The number of aromatic nitrogens is 2. The number of hydrogen-bond donors (Lipinski definition) is 2. The molecule has 1 aromatic heterocycles. The lowest BCUT2D eigenvalue weighted by atomic mass is 9.97. The zero-order valence-electron chi connectivity index (χ0n) is 12.7. The first kappa shape index (κ1) is 14.8. The molecule has 1 amide bonds. The van der Waals surface area contributed by atoms with Crippen LogP contribution in [0.1, 0.15) is 24.0 Å². The maximum atomic E-state index is 12.2. The molecule has 5 heteroatoms. The van der Waals surface area contributed by atoms with Gasteiger partial charge in [-0.1, -0.05) is 24.3 Å². The molecule has 116 valence electrons. The second-order valence-electron chi connectivity index (χ2n) is 5.77. The molecule has 0 radical (unpaired) electrons. The molecule has 2 aromatic rings. The monoisotopic (exact) mass is 298 g/mol. The number of benzene rings is 1. The summed E-state index contributed by atoms with van der Waals surface area (Å²) in [7, 11) is 0. The van der Waals surface area contributed by atoms with E-state index in [1.54, 1.807) is 6.20 Å². The molecule has 2 heterocycles. The van der Waals surface area contributed by atoms with Crippen LogP contribution in [0.2, 0.25) is 0 Å². The van der Waals surface area contributed by atoms with Gasteiger partial charge in [0.05, 0.1) is 6.54 Å². The summed E-state index contributed by atoms with van der Waals surface area (Å²) in [4.78, 5) is 12.2. The summed E-state index contributed by atoms with van der Waals surface area (Å²) in [5.74, 6) is 0.340. The third kappa shape index (κ3) is 3.95. The van der Waals surface area contributed by atoms with Crippen molar-refractivity contribution in [2.75, 3.05) is 13.1 Å². The zero-order valence-corrected chi connectivity index (χ0v) is 12.7. The molecule has 1 fully saturated rings. The molecule has 0 saturated carbocycles. The van der Waals surface area contributed by atoms with Crippen molar-refractivity contribution in [2.45, 2.75) is 25.9 Å². The summed E-state index contributed by atoms with van der Waals surface area (Å²) in [5, 5.41) is 10.6. The predicted molar refractivity (Wildman–Crippen MR) is 85.2 cm³/mol. The SMILES string of the molecule is O=C(NCc1cccc(Cn2cccn2)c1)C1CCNCC1. The zero-order chi connectivity index (χ0) is 15.2. The second-order valence-corrected chi connectivity index (χ2v) is 5.77. The molecule has 0 atom stereocenters. The first-order valence-electron chi connectivity index (χ1n) is 7.85. The third-order valence-corrected chi connectivity index (χ3v) is 4.07. The average Bonchev–Trinajstić information content (AvgIpc) is 3.07. The number of rotatable bonds is 5. The van der Waals surface area contributed by atoms with Crippen molar-refractivity contribution >= 4 is 5.91 Å². The average molecular weight is 298 g/mol. The number of piperidine rings is 1. The normalized spacial score (nSPS) is 15.6. The van der Waals surface area contributed by atoms with E-state index in [-0.39, 0.29) is 11.8 Å². The van der Waals surface area contributed by atoms with Crippen molar-refractivity contribution in [1.29, 1.82) is 0 Å². The van der Waals surface area contributed by atoms with Crippen LogP contribution in [0.5, 0.6) is 0 Å². The Morgan fingerprint density at radius 1 is 1.27 bits per heavy atom. The molecule has 0 spiro atoms. The first-order valence-corrected chi connectivity index (χ1v) is 7.85. The summed E-state index contributed by atoms with van der Waals surface area (Å²) in [5.41, 5.74) is 2.32. The van der Waals surface area contributed by atoms with Gasteiger partial charge in [-0.25, -0.2) is 0 Å². The predicted octanol–water partition coefficient (Wildman–Crippen LogP) is 1.55. The summed E-state index contributed by atoms with van der Waals surface area (Å²) in [6.45, 7) is 3.23. The highest BCUT2D eigenvalue weighted by Crippen LogP contribution is 2.12. The fraction of sp³-hybridized carbons (Fsp3) is 0.412. The van der Waals surface area contributed by atoms with Crippen molar-refractivity contribution in [3.63, 3.8) is 0 Å². The van der Waals surface area contributed by atoms with E-state index in [1.165, 1.54) is 5.56 Å². The third-order valence-electron chi connectivity index (χ3n) is 4.07. The lowest BCUT2D eigenvalue weighted by Crippen LogP contribution is -2.37. The summed E-state index contributed by atoms with van der Waals surface area (Å²) < 4.78 is 1.90. The first-order chi connectivity index (χ1) is 10.8. The Morgan fingerprint density at radius 2 is 2.09 bits per heavy atom. The highest BCUT2D eigenvalue weighted by atomic mass is 16.1. The molecular formula is C17H22N4O. The van der Waals surface area contributed by atoms with Gasteiger partial charge in [-0.2, -0.15) is 5.10 Å². The molecule has 1 saturated heterocycles. The Bertz CT molecular complexity index is 603. The summed E-state index contributed by atoms with van der Waals surface area (Å²) >= 11 is 0. The van der Waals surface area contributed by atoms with Gasteiger partial charge >= 0.3 is 0 Å². The number of nitrogens with one attached hydrogen (secondary N) is 2. The maximum absolute atomic E-state index is 12.2. The van der Waals surface area contributed by atoms with Crippen LogP contribution in [0.25, 0.3) is 0 Å². The number of nitrogens with zero attached hydrogens (tertiary/aromatic N) is 2. The van der Waals surface area contributed by atoms with E-state index in [2.05, 4.69) is 33.9 Å². The molecule has 1 aromatic carbocycles. The Morgan fingerprint density at radius 3 is 2.86 bits per heavy atom. The van der Waals surface area contributed by atoms with Crippen LogP contribution in [0.3, 0.4) is 0 Å². The van der Waals surface area contributed by atoms with Crippen LogP contribution in [-0.2, 0) is 17.9 Å². The highest BCUT2D eigenvalue weighted by Gasteiger charge is 2.20. The Hall–Kier alpha value is -2.14. The van der Waals surface area contributed by atoms with Gasteiger partial charge in [-0.3, -0.25) is 9.48 Å². The van der Waals surface area contributed by atoms with E-state index < -0.39 is 0 Å². The van der Waals surface area contributed by atoms with E-state index in [0.29, 0.717) is 6.54 Å². The van der Waals surface area contributed by atoms with Crippen LogP contribution in [0.15, 0.2) is 42.7 Å². The van der Waals surface area contributed by atoms with E-state index in [4.69, 9.17) is 0 Å². The lowest BCUT2D eigenvalue weighted by molar-refractivity contribution is -0.125. The maximum Gasteiger partial charge on any atom is 0.223 e. The fourth-order valence-corrected chi connectivity index (χ4v) is 2.84. The quantitative estimate of drug-likeness (QED) is 0.880. The molecule has 0 aliphatic carbocycles. The van der Waals surface area contributed by atoms with E-state index in [1.807, 2.05) is 23.0 Å². The lowest BCUT2D eigenvalue weighted by Gasteiger charge is -2.21. The molecule has 0 unspecified atom stereocenters. The molecule has 5 nitrogen and oxygen atoms in total. The van der Waals surface area contributed by atoms with Crippen LogP contribution in [-0.4, -0.2) is 28.8 Å². The minimum absolute atomic E-state index is 0.161. The van der Waals surface area contributed by atoms with Crippen LogP contribution in [0.4, 0.5) is 0 Å². The highest BCUT2D eigenvalue weighted by molar-refractivity contribution is 5.78. The number of carbonyl (C=O) groups excluding carboxylic acids is 1. The minimum atomic E-state index is 0.161. The number of carbonyl (C=O) groups is 1. The number of amides is 1. The standard InChI is InChI=1S/C17H22N4O/c22-17(16-5-8-18-9-6-16)19-12-14-3-1-4-15(11-14)13-21-10-2-7-20-21/h1-4,7,10-11,16,18H,5-6,8-9,12-13H2,(H,19,22). The van der Waals surface area contributed by atoms with Gasteiger partial charge in [0.15, 0.2) is 0 Å². The van der Waals surface area contributed by atoms with Crippen LogP contribution < -0.4 is 10.6 Å². The van der Waals surface area contributed by atoms with Crippen molar-refractivity contribution in [1.82, 2.24) is 20.4 Å². The van der Waals surface area contributed by atoms with E-state index >= 15 is 0 Å². The smallest absolute Gasteiger partial charge is 0.223 e. The Kier molecular flexibility index (Phi) is 4.85. The molecule has 2 N–H and O–H groups in total. The van der Waals surface area contributed by atoms with Gasteiger partial charge in [0.2, 0.25) is 5.91 Å². The molecule has 1 aliphatic heterocycles. The van der Waals surface area contributed by atoms with Crippen molar-refractivity contribution in [3.8, 4) is 0 Å². The van der Waals surface area contributed by atoms with Crippen molar-refractivity contribution in [2.24, 2.45) is 5.92 Å². The topological polar surface area (TPSA) is 59.0 Å². The van der Waals surface area contributed by atoms with Gasteiger partial charge in [0.25, 0.3) is 0 Å². The Labute approximate surface area is 130 Å². The number of hydrogen-bond acceptors (Lipinski definition) is 3. The van der Waals surface area contributed by atoms with Crippen molar-refractivity contribution < 1.29 is 4.79 Å². The fourth-order valence-electron chi connectivity index (χ4n) is 2.84. The molecule has 0 bridgehead atoms. The molecule has 1 aliphatic rings. The largest absolute Gasteiger partial charge is 0.352 e. The van der Waals surface area contributed by atoms with Gasteiger partial charge in [-0.15, -0.1) is 0 Å². The van der Waals surface area contributed by atoms with Crippen LogP contribution in [0, 0.1) is 5.92 Å². The Balaban J connectivity index is 1.54. The second kappa shape index (κ2) is 7.22. The van der Waals surface area contributed by atoms with Gasteiger partial charge < -0.3 is 10.6 Å².